The first-order chi connectivity index (χ1) is 15.0. The molecule has 168 valence electrons. The number of rotatable bonds is 6. The van der Waals surface area contributed by atoms with E-state index in [1.807, 2.05) is 38.1 Å². The van der Waals surface area contributed by atoms with Crippen LogP contribution in [0.5, 0.6) is 0 Å². The molecule has 1 saturated carbocycles. The van der Waals surface area contributed by atoms with Crippen LogP contribution >= 0.6 is 23.4 Å². The van der Waals surface area contributed by atoms with Crippen LogP contribution < -0.4 is 10.7 Å². The number of carbonyl (C=O) groups is 2. The summed E-state index contributed by atoms with van der Waals surface area (Å²) in [4.78, 5) is 29.6. The van der Waals surface area contributed by atoms with Crippen LogP contribution in [0, 0.1) is 5.92 Å². The molecule has 2 aliphatic heterocycles. The Hall–Kier alpha value is -1.93. The number of amides is 2. The highest BCUT2D eigenvalue weighted by Crippen LogP contribution is 2.39. The van der Waals surface area contributed by atoms with Gasteiger partial charge in [-0.1, -0.05) is 54.4 Å². The molecule has 2 N–H and O–H groups in total. The largest absolute Gasteiger partial charge is 0.354 e. The average Bonchev–Trinajstić information content (AvgIpc) is 3.16. The first-order valence-electron chi connectivity index (χ1n) is 11.0. The molecule has 3 atom stereocenters. The monoisotopic (exact) mass is 463 g/mol. The second kappa shape index (κ2) is 9.69. The van der Waals surface area contributed by atoms with Gasteiger partial charge in [0.1, 0.15) is 0 Å². The van der Waals surface area contributed by atoms with Gasteiger partial charge in [0.05, 0.1) is 5.92 Å². The van der Waals surface area contributed by atoms with Crippen molar-refractivity contribution in [2.45, 2.75) is 70.1 Å². The van der Waals surface area contributed by atoms with E-state index in [0.29, 0.717) is 12.3 Å². The fraction of sp³-hybridized carbons (Fsp3) is 0.591. The van der Waals surface area contributed by atoms with E-state index < -0.39 is 0 Å². The molecule has 0 aromatic heterocycles. The zero-order chi connectivity index (χ0) is 22.0. The summed E-state index contributed by atoms with van der Waals surface area (Å²) in [5.74, 6) is 0.783. The molecule has 1 aliphatic carbocycles. The summed E-state index contributed by atoms with van der Waals surface area (Å²) in [6, 6.07) is 8.08. The van der Waals surface area contributed by atoms with E-state index >= 15 is 0 Å². The molecular weight excluding hydrogens is 434 g/mol. The Morgan fingerprint density at radius 1 is 1.32 bits per heavy atom. The lowest BCUT2D eigenvalue weighted by Gasteiger charge is -2.50. The van der Waals surface area contributed by atoms with Crippen molar-refractivity contribution in [3.05, 3.63) is 34.9 Å². The highest BCUT2D eigenvalue weighted by Gasteiger charge is 2.50. The van der Waals surface area contributed by atoms with E-state index in [4.69, 9.17) is 11.6 Å². The summed E-state index contributed by atoms with van der Waals surface area (Å²) in [5.41, 5.74) is 4.24. The highest BCUT2D eigenvalue weighted by molar-refractivity contribution is 8.13. The van der Waals surface area contributed by atoms with Gasteiger partial charge in [0.2, 0.25) is 11.8 Å². The Balaban J connectivity index is 1.49. The van der Waals surface area contributed by atoms with Crippen molar-refractivity contribution in [1.29, 1.82) is 0 Å². The van der Waals surface area contributed by atoms with Crippen LogP contribution in [-0.4, -0.2) is 51.7 Å². The molecule has 1 aromatic carbocycles. The van der Waals surface area contributed by atoms with Gasteiger partial charge in [-0.05, 0) is 38.3 Å². The molecule has 0 radical (unpaired) electrons. The first-order valence-corrected chi connectivity index (χ1v) is 12.4. The van der Waals surface area contributed by atoms with Crippen molar-refractivity contribution in [2.24, 2.45) is 11.0 Å². The number of nitrogens with one attached hydrogen (secondary N) is 2. The summed E-state index contributed by atoms with van der Waals surface area (Å²) in [6.07, 6.45) is 4.03. The van der Waals surface area contributed by atoms with Crippen LogP contribution in [-0.2, 0) is 15.3 Å². The Kier molecular flexibility index (Phi) is 6.96. The summed E-state index contributed by atoms with van der Waals surface area (Å²) in [7, 11) is 0. The highest BCUT2D eigenvalue weighted by atomic mass is 35.5. The molecule has 0 spiro atoms. The van der Waals surface area contributed by atoms with Gasteiger partial charge >= 0.3 is 0 Å². The molecule has 2 heterocycles. The van der Waals surface area contributed by atoms with Gasteiger partial charge in [-0.3, -0.25) is 15.0 Å². The fourth-order valence-corrected chi connectivity index (χ4v) is 5.98. The third kappa shape index (κ3) is 4.80. The van der Waals surface area contributed by atoms with E-state index in [0.717, 1.165) is 41.4 Å². The second-order valence-electron chi connectivity index (χ2n) is 8.65. The number of amidine groups is 1. The summed E-state index contributed by atoms with van der Waals surface area (Å²) >= 11 is 7.97. The van der Waals surface area contributed by atoms with Crippen LogP contribution in [0.2, 0.25) is 5.02 Å². The molecule has 1 saturated heterocycles. The summed E-state index contributed by atoms with van der Waals surface area (Å²) < 4.78 is 0. The van der Waals surface area contributed by atoms with Crippen molar-refractivity contribution in [3.63, 3.8) is 0 Å². The number of carbonyl (C=O) groups excluding carboxylic acids is 2. The van der Waals surface area contributed by atoms with E-state index in [1.165, 1.54) is 0 Å². The minimum Gasteiger partial charge on any atom is -0.354 e. The van der Waals surface area contributed by atoms with Crippen LogP contribution in [0.15, 0.2) is 29.4 Å². The number of halogens is 1. The lowest BCUT2D eigenvalue weighted by atomic mass is 9.81. The van der Waals surface area contributed by atoms with Crippen molar-refractivity contribution in [2.75, 3.05) is 6.54 Å². The number of hydrogen-bond donors (Lipinski definition) is 2. The third-order valence-electron chi connectivity index (χ3n) is 6.09. The van der Waals surface area contributed by atoms with E-state index in [9.17, 15) is 9.59 Å². The average molecular weight is 464 g/mol. The minimum absolute atomic E-state index is 0.0349. The summed E-state index contributed by atoms with van der Waals surface area (Å²) in [5, 5.41) is 9.15. The smallest absolute Gasteiger partial charge is 0.230 e. The van der Waals surface area contributed by atoms with E-state index in [-0.39, 0.29) is 42.5 Å². The Labute approximate surface area is 192 Å². The van der Waals surface area contributed by atoms with Crippen LogP contribution in [0.3, 0.4) is 0 Å². The quantitative estimate of drug-likeness (QED) is 0.676. The van der Waals surface area contributed by atoms with Crippen LogP contribution in [0.4, 0.5) is 0 Å². The zero-order valence-corrected chi connectivity index (χ0v) is 19.6. The standard InChI is InChI=1S/C22H30ClN5O2S/c1-14(2)24-19(29)11-12-27-20(30)16-8-4-6-10-18(16)28-21(27)25-26-22(28)31-13-15-7-3-5-9-17(15)23/h3,5,7,9,14,16,18,21,25H,4,6,8,10-13H2,1-2H3,(H,24,29). The van der Waals surface area contributed by atoms with Crippen molar-refractivity contribution in [3.8, 4) is 0 Å². The molecular formula is C22H30ClN5O2S. The van der Waals surface area contributed by atoms with Gasteiger partial charge in [0.15, 0.2) is 11.5 Å². The Bertz CT molecular complexity index is 864. The normalized spacial score (nSPS) is 25.1. The molecule has 2 fully saturated rings. The van der Waals surface area contributed by atoms with Gasteiger partial charge in [0.25, 0.3) is 0 Å². The lowest BCUT2D eigenvalue weighted by Crippen LogP contribution is -2.67. The van der Waals surface area contributed by atoms with Gasteiger partial charge in [0, 0.05) is 35.8 Å². The molecule has 9 heteroatoms. The predicted molar refractivity (Wildman–Crippen MR) is 124 cm³/mol. The molecule has 0 bridgehead atoms. The number of fused-ring (bicyclic) bond motifs is 3. The molecule has 4 rings (SSSR count). The lowest BCUT2D eigenvalue weighted by molar-refractivity contribution is -0.155. The summed E-state index contributed by atoms with van der Waals surface area (Å²) in [6.45, 7) is 4.26. The molecule has 2 amide bonds. The topological polar surface area (TPSA) is 77.0 Å². The zero-order valence-electron chi connectivity index (χ0n) is 18.0. The van der Waals surface area contributed by atoms with Gasteiger partial charge in [-0.25, -0.2) is 0 Å². The fourth-order valence-electron chi connectivity index (χ4n) is 4.66. The minimum atomic E-state index is -0.326. The Morgan fingerprint density at radius 3 is 2.87 bits per heavy atom. The number of thioether (sulfide) groups is 1. The third-order valence-corrected chi connectivity index (χ3v) is 7.47. The maximum absolute atomic E-state index is 13.3. The maximum atomic E-state index is 13.3. The first kappa shape index (κ1) is 22.3. The molecule has 1 aromatic rings. The Morgan fingerprint density at radius 2 is 2.10 bits per heavy atom. The molecule has 3 unspecified atom stereocenters. The number of benzene rings is 1. The van der Waals surface area contributed by atoms with Gasteiger partial charge in [-0.2, -0.15) is 5.10 Å². The number of hydrogen-bond acceptors (Lipinski definition) is 6. The molecule has 31 heavy (non-hydrogen) atoms. The van der Waals surface area contributed by atoms with Crippen LogP contribution in [0.1, 0.15) is 51.5 Å². The number of hydrazone groups is 1. The van der Waals surface area contributed by atoms with Gasteiger partial charge in [-0.15, -0.1) is 0 Å². The number of nitrogens with zero attached hydrogens (tertiary/aromatic N) is 3. The van der Waals surface area contributed by atoms with Crippen LogP contribution in [0.25, 0.3) is 0 Å². The molecule has 3 aliphatic rings. The van der Waals surface area contributed by atoms with Gasteiger partial charge < -0.3 is 15.1 Å². The molecule has 7 nitrogen and oxygen atoms in total. The van der Waals surface area contributed by atoms with Crippen molar-refractivity contribution in [1.82, 2.24) is 20.5 Å². The maximum Gasteiger partial charge on any atom is 0.230 e. The van der Waals surface area contributed by atoms with E-state index in [1.54, 1.807) is 16.7 Å². The predicted octanol–water partition coefficient (Wildman–Crippen LogP) is 3.35. The van der Waals surface area contributed by atoms with E-state index in [2.05, 4.69) is 20.7 Å². The van der Waals surface area contributed by atoms with Crippen molar-refractivity contribution < 1.29 is 9.59 Å². The SMILES string of the molecule is CC(C)NC(=O)CCN1C(=O)C2CCCCC2N2C(SCc3ccccc3Cl)=NNC12. The van der Waals surface area contributed by atoms with Crippen molar-refractivity contribution >= 4 is 40.3 Å². The second-order valence-corrected chi connectivity index (χ2v) is 10.00.